The zero-order valence-corrected chi connectivity index (χ0v) is 17.4. The van der Waals surface area contributed by atoms with Crippen LogP contribution in [0.1, 0.15) is 53.4 Å². The third kappa shape index (κ3) is 4.68. The molecule has 2 rings (SSSR count). The molecule has 2 saturated heterocycles. The molecule has 2 aliphatic heterocycles. The Morgan fingerprint density at radius 2 is 1.83 bits per heavy atom. The van der Waals surface area contributed by atoms with E-state index in [-0.39, 0.29) is 37.0 Å². The van der Waals surface area contributed by atoms with Gasteiger partial charge in [0.25, 0.3) is 0 Å². The van der Waals surface area contributed by atoms with Crippen LogP contribution in [0, 0.1) is 5.41 Å². The highest BCUT2D eigenvalue weighted by Gasteiger charge is 2.54. The molecule has 0 saturated carbocycles. The van der Waals surface area contributed by atoms with Gasteiger partial charge in [-0.3, -0.25) is 9.59 Å². The molecular formula is C21H28O8. The normalized spacial score (nSPS) is 29.6. The Bertz CT molecular complexity index is 754. The molecule has 160 valence electrons. The van der Waals surface area contributed by atoms with E-state index in [1.54, 1.807) is 13.8 Å². The second-order valence-corrected chi connectivity index (χ2v) is 8.05. The molecule has 8 nitrogen and oxygen atoms in total. The van der Waals surface area contributed by atoms with E-state index in [9.17, 15) is 19.2 Å². The van der Waals surface area contributed by atoms with Gasteiger partial charge in [0.2, 0.25) is 0 Å². The average molecular weight is 408 g/mol. The fraction of sp³-hybridized carbons (Fsp3) is 0.619. The van der Waals surface area contributed by atoms with Gasteiger partial charge < -0.3 is 18.9 Å². The van der Waals surface area contributed by atoms with Gasteiger partial charge in [-0.15, -0.1) is 0 Å². The number of hydrogen-bond acceptors (Lipinski definition) is 8. The van der Waals surface area contributed by atoms with Crippen molar-refractivity contribution >= 4 is 23.9 Å². The summed E-state index contributed by atoms with van der Waals surface area (Å²) in [6, 6.07) is 0. The largest absolute Gasteiger partial charge is 0.465 e. The molecule has 0 radical (unpaired) electrons. The molecule has 4 atom stereocenters. The fourth-order valence-electron chi connectivity index (χ4n) is 3.62. The summed E-state index contributed by atoms with van der Waals surface area (Å²) < 4.78 is 21.4. The molecular weight excluding hydrogens is 380 g/mol. The summed E-state index contributed by atoms with van der Waals surface area (Å²) in [4.78, 5) is 48.4. The maximum Gasteiger partial charge on any atom is 0.333 e. The van der Waals surface area contributed by atoms with Gasteiger partial charge in [-0.2, -0.15) is 0 Å². The van der Waals surface area contributed by atoms with Gasteiger partial charge in [0, 0.05) is 17.6 Å². The number of carbonyl (C=O) groups is 4. The quantitative estimate of drug-likeness (QED) is 0.342. The SMILES string of the molecule is C=C(C)C(=O)OC(C)C1(CCC2OC(=O)CC2(C)OC(=O)C(=C)C)CCOC1=O. The minimum atomic E-state index is -1.17. The second-order valence-electron chi connectivity index (χ2n) is 8.05. The maximum absolute atomic E-state index is 12.5. The molecule has 0 aromatic rings. The first-order chi connectivity index (χ1) is 13.4. The van der Waals surface area contributed by atoms with Gasteiger partial charge in [0.15, 0.2) is 5.60 Å². The molecule has 2 aliphatic rings. The zero-order valence-electron chi connectivity index (χ0n) is 17.4. The van der Waals surface area contributed by atoms with Crippen molar-refractivity contribution in [3.05, 3.63) is 24.3 Å². The van der Waals surface area contributed by atoms with Crippen LogP contribution >= 0.6 is 0 Å². The molecule has 2 fully saturated rings. The van der Waals surface area contributed by atoms with Crippen LogP contribution in [0.3, 0.4) is 0 Å². The van der Waals surface area contributed by atoms with Crippen LogP contribution in [0.4, 0.5) is 0 Å². The average Bonchev–Trinajstić information content (AvgIpc) is 3.12. The van der Waals surface area contributed by atoms with Crippen molar-refractivity contribution < 1.29 is 38.1 Å². The van der Waals surface area contributed by atoms with Gasteiger partial charge in [0.1, 0.15) is 17.6 Å². The smallest absolute Gasteiger partial charge is 0.333 e. The van der Waals surface area contributed by atoms with Crippen molar-refractivity contribution in [3.63, 3.8) is 0 Å². The Morgan fingerprint density at radius 1 is 1.21 bits per heavy atom. The van der Waals surface area contributed by atoms with E-state index >= 15 is 0 Å². The van der Waals surface area contributed by atoms with Crippen LogP contribution in [-0.4, -0.2) is 48.3 Å². The van der Waals surface area contributed by atoms with E-state index in [1.807, 2.05) is 0 Å². The lowest BCUT2D eigenvalue weighted by molar-refractivity contribution is -0.166. The van der Waals surface area contributed by atoms with E-state index in [0.717, 1.165) is 0 Å². The van der Waals surface area contributed by atoms with Crippen LogP contribution in [0.25, 0.3) is 0 Å². The van der Waals surface area contributed by atoms with E-state index in [1.165, 1.54) is 13.8 Å². The van der Waals surface area contributed by atoms with E-state index in [0.29, 0.717) is 6.42 Å². The van der Waals surface area contributed by atoms with Gasteiger partial charge in [0.05, 0.1) is 13.0 Å². The molecule has 8 heteroatoms. The predicted molar refractivity (Wildman–Crippen MR) is 101 cm³/mol. The number of cyclic esters (lactones) is 2. The molecule has 0 aromatic heterocycles. The molecule has 0 spiro atoms. The van der Waals surface area contributed by atoms with Crippen molar-refractivity contribution in [1.82, 2.24) is 0 Å². The van der Waals surface area contributed by atoms with Gasteiger partial charge in [-0.25, -0.2) is 9.59 Å². The molecule has 4 unspecified atom stereocenters. The van der Waals surface area contributed by atoms with Crippen molar-refractivity contribution in [2.75, 3.05) is 6.61 Å². The van der Waals surface area contributed by atoms with Crippen LogP contribution in [0.2, 0.25) is 0 Å². The summed E-state index contributed by atoms with van der Waals surface area (Å²) in [5, 5.41) is 0. The summed E-state index contributed by atoms with van der Waals surface area (Å²) in [5.74, 6) is -2.17. The highest BCUT2D eigenvalue weighted by molar-refractivity contribution is 5.88. The number of esters is 4. The highest BCUT2D eigenvalue weighted by atomic mass is 16.6. The molecule has 0 bridgehead atoms. The summed E-state index contributed by atoms with van der Waals surface area (Å²) in [5.41, 5.74) is -1.81. The van der Waals surface area contributed by atoms with E-state index in [2.05, 4.69) is 13.2 Å². The topological polar surface area (TPSA) is 105 Å². The van der Waals surface area contributed by atoms with Crippen molar-refractivity contribution in [3.8, 4) is 0 Å². The van der Waals surface area contributed by atoms with E-state index < -0.39 is 47.1 Å². The lowest BCUT2D eigenvalue weighted by Gasteiger charge is -2.34. The van der Waals surface area contributed by atoms with Gasteiger partial charge in [-0.1, -0.05) is 13.2 Å². The van der Waals surface area contributed by atoms with Gasteiger partial charge in [-0.05, 0) is 40.5 Å². The lowest BCUT2D eigenvalue weighted by Crippen LogP contribution is -2.44. The Morgan fingerprint density at radius 3 is 2.34 bits per heavy atom. The van der Waals surface area contributed by atoms with E-state index in [4.69, 9.17) is 18.9 Å². The lowest BCUT2D eigenvalue weighted by atomic mass is 9.75. The minimum Gasteiger partial charge on any atom is -0.465 e. The van der Waals surface area contributed by atoms with Crippen molar-refractivity contribution in [2.45, 2.75) is 71.2 Å². The van der Waals surface area contributed by atoms with Crippen LogP contribution in [0.5, 0.6) is 0 Å². The Kier molecular flexibility index (Phi) is 6.55. The Labute approximate surface area is 170 Å². The molecule has 0 aliphatic carbocycles. The maximum atomic E-state index is 12.5. The summed E-state index contributed by atoms with van der Waals surface area (Å²) in [7, 11) is 0. The van der Waals surface area contributed by atoms with Crippen molar-refractivity contribution in [1.29, 1.82) is 0 Å². The molecule has 0 N–H and O–H groups in total. The van der Waals surface area contributed by atoms with Crippen molar-refractivity contribution in [2.24, 2.45) is 5.41 Å². The fourth-order valence-corrected chi connectivity index (χ4v) is 3.62. The first-order valence-corrected chi connectivity index (χ1v) is 9.53. The highest BCUT2D eigenvalue weighted by Crippen LogP contribution is 2.43. The third-order valence-electron chi connectivity index (χ3n) is 5.58. The number of carbonyl (C=O) groups excluding carboxylic acids is 4. The van der Waals surface area contributed by atoms with Gasteiger partial charge >= 0.3 is 23.9 Å². The number of rotatable bonds is 8. The molecule has 2 heterocycles. The zero-order chi connectivity index (χ0) is 22.0. The summed E-state index contributed by atoms with van der Waals surface area (Å²) in [6.45, 7) is 13.6. The number of hydrogen-bond donors (Lipinski definition) is 0. The Hall–Kier alpha value is -2.64. The second kappa shape index (κ2) is 8.39. The summed E-state index contributed by atoms with van der Waals surface area (Å²) >= 11 is 0. The minimum absolute atomic E-state index is 0.0890. The summed E-state index contributed by atoms with van der Waals surface area (Å²) in [6.07, 6.45) is -0.770. The van der Waals surface area contributed by atoms with Crippen LogP contribution < -0.4 is 0 Å². The molecule has 0 aromatic carbocycles. The Balaban J connectivity index is 2.17. The monoisotopic (exact) mass is 408 g/mol. The standard InChI is InChI=1S/C21H28O8/c1-12(2)17(23)27-14(5)21(9-10-26-19(21)25)8-7-15-20(6,11-16(22)28-15)29-18(24)13(3)4/h14-15H,1,3,7-11H2,2,4-6H3. The first-order valence-electron chi connectivity index (χ1n) is 9.53. The van der Waals surface area contributed by atoms with Crippen LogP contribution in [0.15, 0.2) is 24.3 Å². The number of ether oxygens (including phenoxy) is 4. The van der Waals surface area contributed by atoms with Crippen LogP contribution in [-0.2, 0) is 38.1 Å². The molecule has 29 heavy (non-hydrogen) atoms. The third-order valence-corrected chi connectivity index (χ3v) is 5.58. The first kappa shape index (κ1) is 22.6. The molecule has 0 amide bonds. The predicted octanol–water partition coefficient (Wildman–Crippen LogP) is 2.40.